The van der Waals surface area contributed by atoms with Gasteiger partial charge in [0.2, 0.25) is 10.0 Å². The Morgan fingerprint density at radius 3 is 2.76 bits per heavy atom. The van der Waals surface area contributed by atoms with E-state index in [4.69, 9.17) is 16.3 Å². The fourth-order valence-corrected chi connectivity index (χ4v) is 4.37. The van der Waals surface area contributed by atoms with Gasteiger partial charge < -0.3 is 9.84 Å². The normalized spacial score (nSPS) is 20.2. The molecule has 1 aromatic carbocycles. The van der Waals surface area contributed by atoms with Crippen molar-refractivity contribution in [2.75, 3.05) is 13.7 Å². The number of halogens is 1. The Balaban J connectivity index is 2.48. The van der Waals surface area contributed by atoms with Crippen molar-refractivity contribution in [3.63, 3.8) is 0 Å². The van der Waals surface area contributed by atoms with Gasteiger partial charge in [-0.1, -0.05) is 11.6 Å². The summed E-state index contributed by atoms with van der Waals surface area (Å²) >= 11 is 5.83. The largest absolute Gasteiger partial charge is 0.495 e. The molecular formula is C13H16ClNO5S. The average Bonchev–Trinajstić information content (AvgIpc) is 2.46. The number of aliphatic carboxylic acids is 1. The maximum atomic E-state index is 12.7. The van der Waals surface area contributed by atoms with E-state index < -0.39 is 22.0 Å². The number of carbonyl (C=O) groups is 1. The van der Waals surface area contributed by atoms with Gasteiger partial charge in [-0.25, -0.2) is 8.42 Å². The third kappa shape index (κ3) is 3.14. The van der Waals surface area contributed by atoms with E-state index in [-0.39, 0.29) is 17.2 Å². The van der Waals surface area contributed by atoms with Gasteiger partial charge >= 0.3 is 5.97 Å². The molecule has 1 aromatic rings. The third-order valence-corrected chi connectivity index (χ3v) is 5.63. The van der Waals surface area contributed by atoms with E-state index in [1.165, 1.54) is 25.3 Å². The van der Waals surface area contributed by atoms with Crippen LogP contribution < -0.4 is 4.74 Å². The van der Waals surface area contributed by atoms with Gasteiger partial charge in [0.15, 0.2) is 0 Å². The molecular weight excluding hydrogens is 318 g/mol. The van der Waals surface area contributed by atoms with Gasteiger partial charge in [0.25, 0.3) is 0 Å². The molecule has 1 heterocycles. The molecule has 1 aliphatic heterocycles. The van der Waals surface area contributed by atoms with Crippen molar-refractivity contribution in [1.29, 1.82) is 0 Å². The minimum Gasteiger partial charge on any atom is -0.495 e. The zero-order valence-electron chi connectivity index (χ0n) is 11.5. The van der Waals surface area contributed by atoms with Crippen LogP contribution in [0.15, 0.2) is 23.1 Å². The van der Waals surface area contributed by atoms with Gasteiger partial charge in [0.1, 0.15) is 16.7 Å². The quantitative estimate of drug-likeness (QED) is 0.910. The van der Waals surface area contributed by atoms with Crippen LogP contribution in [-0.2, 0) is 14.8 Å². The highest BCUT2D eigenvalue weighted by Gasteiger charge is 2.38. The number of hydrogen-bond acceptors (Lipinski definition) is 4. The van der Waals surface area contributed by atoms with Crippen molar-refractivity contribution >= 4 is 27.6 Å². The van der Waals surface area contributed by atoms with Crippen molar-refractivity contribution in [1.82, 2.24) is 4.31 Å². The average molecular weight is 334 g/mol. The molecule has 0 aromatic heterocycles. The lowest BCUT2D eigenvalue weighted by atomic mass is 10.1. The summed E-state index contributed by atoms with van der Waals surface area (Å²) < 4.78 is 31.6. The van der Waals surface area contributed by atoms with Gasteiger partial charge in [0.05, 0.1) is 7.11 Å². The molecule has 8 heteroatoms. The molecule has 1 atom stereocenters. The van der Waals surface area contributed by atoms with E-state index in [0.717, 1.165) is 4.31 Å². The van der Waals surface area contributed by atoms with Gasteiger partial charge in [-0.2, -0.15) is 4.31 Å². The summed E-state index contributed by atoms with van der Waals surface area (Å²) in [6, 6.07) is 3.14. The van der Waals surface area contributed by atoms with Crippen LogP contribution in [0.4, 0.5) is 0 Å². The molecule has 0 radical (unpaired) electrons. The Morgan fingerprint density at radius 2 is 2.14 bits per heavy atom. The van der Waals surface area contributed by atoms with E-state index in [1.54, 1.807) is 0 Å². The highest BCUT2D eigenvalue weighted by atomic mass is 35.5. The highest BCUT2D eigenvalue weighted by Crippen LogP contribution is 2.32. The van der Waals surface area contributed by atoms with E-state index in [1.807, 2.05) is 0 Å². The summed E-state index contributed by atoms with van der Waals surface area (Å²) in [5.41, 5.74) is 0. The molecule has 0 spiro atoms. The van der Waals surface area contributed by atoms with E-state index >= 15 is 0 Å². The SMILES string of the molecule is COc1cc(Cl)ccc1S(=O)(=O)N1CCCC[C@H]1C(=O)O. The molecule has 21 heavy (non-hydrogen) atoms. The first-order chi connectivity index (χ1) is 9.87. The second-order valence-corrected chi connectivity index (χ2v) is 7.06. The van der Waals surface area contributed by atoms with Crippen LogP contribution in [0.3, 0.4) is 0 Å². The smallest absolute Gasteiger partial charge is 0.322 e. The number of nitrogens with zero attached hydrogens (tertiary/aromatic N) is 1. The van der Waals surface area contributed by atoms with Crippen LogP contribution in [0.2, 0.25) is 5.02 Å². The van der Waals surface area contributed by atoms with Gasteiger partial charge in [0, 0.05) is 17.6 Å². The second-order valence-electron chi connectivity index (χ2n) is 4.76. The summed E-state index contributed by atoms with van der Waals surface area (Å²) in [5, 5.41) is 9.58. The maximum Gasteiger partial charge on any atom is 0.322 e. The van der Waals surface area contributed by atoms with E-state index in [0.29, 0.717) is 24.3 Å². The monoisotopic (exact) mass is 333 g/mol. The number of carboxylic acid groups (broad SMARTS) is 1. The summed E-state index contributed by atoms with van der Waals surface area (Å²) in [7, 11) is -2.60. The lowest BCUT2D eigenvalue weighted by Crippen LogP contribution is -2.47. The van der Waals surface area contributed by atoms with Gasteiger partial charge in [-0.3, -0.25) is 4.79 Å². The van der Waals surface area contributed by atoms with Crippen molar-refractivity contribution in [3.8, 4) is 5.75 Å². The van der Waals surface area contributed by atoms with Crippen LogP contribution in [0.25, 0.3) is 0 Å². The Morgan fingerprint density at radius 1 is 1.43 bits per heavy atom. The lowest BCUT2D eigenvalue weighted by molar-refractivity contribution is -0.142. The van der Waals surface area contributed by atoms with Crippen LogP contribution >= 0.6 is 11.6 Å². The number of methoxy groups -OCH3 is 1. The fraction of sp³-hybridized carbons (Fsp3) is 0.462. The first kappa shape index (κ1) is 16.1. The second kappa shape index (κ2) is 6.21. The first-order valence-corrected chi connectivity index (χ1v) is 8.28. The number of carboxylic acids is 1. The molecule has 1 aliphatic rings. The molecule has 2 rings (SSSR count). The minimum absolute atomic E-state index is 0.0671. The standard InChI is InChI=1S/C13H16ClNO5S/c1-20-11-8-9(14)5-6-12(11)21(18,19)15-7-3-2-4-10(15)13(16)17/h5-6,8,10H,2-4,7H2,1H3,(H,16,17)/t10-/m0/s1. The Kier molecular flexibility index (Phi) is 4.75. The number of rotatable bonds is 4. The Hall–Kier alpha value is -1.31. The minimum atomic E-state index is -3.95. The zero-order chi connectivity index (χ0) is 15.6. The molecule has 1 N–H and O–H groups in total. The number of piperidine rings is 1. The fourth-order valence-electron chi connectivity index (χ4n) is 2.42. The van der Waals surface area contributed by atoms with Crippen molar-refractivity contribution in [3.05, 3.63) is 23.2 Å². The van der Waals surface area contributed by atoms with Crippen LogP contribution in [0.1, 0.15) is 19.3 Å². The molecule has 0 bridgehead atoms. The summed E-state index contributed by atoms with van der Waals surface area (Å²) in [5.74, 6) is -1.02. The van der Waals surface area contributed by atoms with Gasteiger partial charge in [-0.15, -0.1) is 0 Å². The highest BCUT2D eigenvalue weighted by molar-refractivity contribution is 7.89. The Bertz CT molecular complexity index is 646. The van der Waals surface area contributed by atoms with Crippen LogP contribution in [0.5, 0.6) is 5.75 Å². The molecule has 6 nitrogen and oxygen atoms in total. The topological polar surface area (TPSA) is 83.9 Å². The maximum absolute atomic E-state index is 12.7. The van der Waals surface area contributed by atoms with Crippen LogP contribution in [-0.4, -0.2) is 43.5 Å². The number of hydrogen-bond donors (Lipinski definition) is 1. The van der Waals surface area contributed by atoms with E-state index in [2.05, 4.69) is 0 Å². The summed E-state index contributed by atoms with van der Waals surface area (Å²) in [6.45, 7) is 0.186. The summed E-state index contributed by atoms with van der Waals surface area (Å²) in [6.07, 6.45) is 1.64. The predicted molar refractivity (Wildman–Crippen MR) is 77.2 cm³/mol. The number of sulfonamides is 1. The molecule has 1 saturated heterocycles. The van der Waals surface area contributed by atoms with Crippen molar-refractivity contribution < 1.29 is 23.1 Å². The molecule has 0 unspecified atom stereocenters. The van der Waals surface area contributed by atoms with Crippen LogP contribution in [0, 0.1) is 0 Å². The first-order valence-electron chi connectivity index (χ1n) is 6.46. The van der Waals surface area contributed by atoms with Crippen molar-refractivity contribution in [2.24, 2.45) is 0 Å². The number of benzene rings is 1. The lowest BCUT2D eigenvalue weighted by Gasteiger charge is -2.32. The molecule has 0 aliphatic carbocycles. The Labute approximate surface area is 128 Å². The summed E-state index contributed by atoms with van der Waals surface area (Å²) in [4.78, 5) is 11.2. The number of ether oxygens (including phenoxy) is 1. The molecule has 1 fully saturated rings. The molecule has 0 amide bonds. The molecule has 0 saturated carbocycles. The third-order valence-electron chi connectivity index (χ3n) is 3.45. The predicted octanol–water partition coefficient (Wildman–Crippen LogP) is 1.98. The zero-order valence-corrected chi connectivity index (χ0v) is 13.0. The van der Waals surface area contributed by atoms with E-state index in [9.17, 15) is 18.3 Å². The van der Waals surface area contributed by atoms with Crippen molar-refractivity contribution in [2.45, 2.75) is 30.2 Å². The van der Waals surface area contributed by atoms with Gasteiger partial charge in [-0.05, 0) is 31.4 Å². The molecule has 116 valence electrons.